The van der Waals surface area contributed by atoms with Crippen LogP contribution in [0.5, 0.6) is 5.75 Å². The highest BCUT2D eigenvalue weighted by atomic mass is 35.5. The van der Waals surface area contributed by atoms with E-state index < -0.39 is 0 Å². The molecule has 5 nitrogen and oxygen atoms in total. The molecule has 1 N–H and O–H groups in total. The molecule has 1 aromatic heterocycles. The number of amides is 1. The summed E-state index contributed by atoms with van der Waals surface area (Å²) in [6.07, 6.45) is 1.87. The van der Waals surface area contributed by atoms with Gasteiger partial charge in [-0.15, -0.1) is 0 Å². The summed E-state index contributed by atoms with van der Waals surface area (Å²) >= 11 is 13.9. The van der Waals surface area contributed by atoms with Crippen LogP contribution in [-0.2, 0) is 4.79 Å². The Morgan fingerprint density at radius 3 is 2.59 bits per heavy atom. The van der Waals surface area contributed by atoms with Gasteiger partial charge in [-0.3, -0.25) is 4.79 Å². The molecule has 0 unspecified atom stereocenters. The molecule has 1 aliphatic heterocycles. The van der Waals surface area contributed by atoms with E-state index in [0.717, 1.165) is 34.1 Å². The highest BCUT2D eigenvalue weighted by Gasteiger charge is 2.25. The average molecular weight is 486 g/mol. The molecule has 2 heterocycles. The van der Waals surface area contributed by atoms with Crippen molar-refractivity contribution in [3.8, 4) is 11.4 Å². The van der Waals surface area contributed by atoms with Gasteiger partial charge in [-0.25, -0.2) is 4.99 Å². The number of halogens is 2. The van der Waals surface area contributed by atoms with Crippen LogP contribution in [0.4, 0.5) is 5.69 Å². The van der Waals surface area contributed by atoms with Crippen LogP contribution in [0.1, 0.15) is 23.9 Å². The van der Waals surface area contributed by atoms with Crippen LogP contribution >= 0.6 is 35.0 Å². The Hall–Kier alpha value is -2.67. The molecular weight excluding hydrogens is 465 g/mol. The van der Waals surface area contributed by atoms with Gasteiger partial charge in [0.1, 0.15) is 5.75 Å². The van der Waals surface area contributed by atoms with E-state index in [1.807, 2.05) is 67.8 Å². The van der Waals surface area contributed by atoms with Gasteiger partial charge in [-0.1, -0.05) is 23.2 Å². The van der Waals surface area contributed by atoms with Crippen molar-refractivity contribution in [2.45, 2.75) is 20.8 Å². The third kappa shape index (κ3) is 4.72. The first kappa shape index (κ1) is 22.5. The predicted octanol–water partition coefficient (Wildman–Crippen LogP) is 6.69. The standard InChI is InChI=1S/C24H21Cl2N3O2S/c1-4-31-19-8-6-18(7-9-19)27-24-28-23(30)22(32-24)12-16-11-14(2)29(15(16)3)21-13-17(25)5-10-20(21)26/h5-13H,4H2,1-3H3,(H,27,28,30)/b22-12+. The normalized spacial score (nSPS) is 16.1. The summed E-state index contributed by atoms with van der Waals surface area (Å²) in [6, 6.07) is 14.8. The van der Waals surface area contributed by atoms with E-state index in [2.05, 4.69) is 10.3 Å². The number of carbonyl (C=O) groups is 1. The summed E-state index contributed by atoms with van der Waals surface area (Å²) in [5.41, 5.74) is 4.43. The zero-order valence-electron chi connectivity index (χ0n) is 17.8. The lowest BCUT2D eigenvalue weighted by molar-refractivity contribution is -0.115. The van der Waals surface area contributed by atoms with E-state index in [9.17, 15) is 4.79 Å². The predicted molar refractivity (Wildman–Crippen MR) is 134 cm³/mol. The first-order chi connectivity index (χ1) is 15.4. The maximum Gasteiger partial charge on any atom is 0.264 e. The lowest BCUT2D eigenvalue weighted by Gasteiger charge is -2.12. The van der Waals surface area contributed by atoms with E-state index in [4.69, 9.17) is 27.9 Å². The summed E-state index contributed by atoms with van der Waals surface area (Å²) < 4.78 is 7.48. The average Bonchev–Trinajstić information content (AvgIpc) is 3.24. The van der Waals surface area contributed by atoms with Crippen molar-refractivity contribution in [3.63, 3.8) is 0 Å². The first-order valence-electron chi connectivity index (χ1n) is 10.0. The molecule has 1 aliphatic rings. The second kappa shape index (κ2) is 9.45. The second-order valence-corrected chi connectivity index (χ2v) is 9.04. The van der Waals surface area contributed by atoms with Crippen molar-refractivity contribution >= 4 is 57.8 Å². The smallest absolute Gasteiger partial charge is 0.264 e. The Balaban J connectivity index is 1.61. The van der Waals surface area contributed by atoms with E-state index in [1.165, 1.54) is 11.8 Å². The van der Waals surface area contributed by atoms with Crippen molar-refractivity contribution in [3.05, 3.63) is 80.4 Å². The molecule has 3 aromatic rings. The Labute approximate surface area is 201 Å². The van der Waals surface area contributed by atoms with Crippen LogP contribution in [0.2, 0.25) is 10.0 Å². The summed E-state index contributed by atoms with van der Waals surface area (Å²) in [5.74, 6) is 0.612. The third-order valence-corrected chi connectivity index (χ3v) is 6.40. The number of aliphatic imine (C=N–C) groups is 1. The highest BCUT2D eigenvalue weighted by Crippen LogP contribution is 2.33. The second-order valence-electron chi connectivity index (χ2n) is 7.17. The number of nitrogens with one attached hydrogen (secondary N) is 1. The molecule has 0 radical (unpaired) electrons. The van der Waals surface area contributed by atoms with Crippen molar-refractivity contribution < 1.29 is 9.53 Å². The Kier molecular flexibility index (Phi) is 6.65. The molecule has 1 amide bonds. The first-order valence-corrected chi connectivity index (χ1v) is 11.6. The fourth-order valence-corrected chi connectivity index (χ4v) is 4.69. The van der Waals surface area contributed by atoms with Crippen LogP contribution in [0, 0.1) is 13.8 Å². The van der Waals surface area contributed by atoms with Gasteiger partial charge in [0.15, 0.2) is 5.17 Å². The van der Waals surface area contributed by atoms with Crippen LogP contribution < -0.4 is 10.1 Å². The molecule has 1 fully saturated rings. The minimum absolute atomic E-state index is 0.176. The van der Waals surface area contributed by atoms with Crippen LogP contribution in [0.25, 0.3) is 11.8 Å². The Bertz CT molecular complexity index is 1250. The van der Waals surface area contributed by atoms with Gasteiger partial charge in [-0.05, 0) is 92.7 Å². The van der Waals surface area contributed by atoms with Gasteiger partial charge >= 0.3 is 0 Å². The van der Waals surface area contributed by atoms with Crippen LogP contribution in [-0.4, -0.2) is 22.2 Å². The van der Waals surface area contributed by atoms with Gasteiger partial charge < -0.3 is 14.6 Å². The zero-order chi connectivity index (χ0) is 22.8. The van der Waals surface area contributed by atoms with E-state index in [-0.39, 0.29) is 5.91 Å². The lowest BCUT2D eigenvalue weighted by Crippen LogP contribution is -2.19. The van der Waals surface area contributed by atoms with E-state index in [1.54, 1.807) is 12.1 Å². The summed E-state index contributed by atoms with van der Waals surface area (Å²) in [5, 5.41) is 4.58. The maximum atomic E-state index is 12.5. The molecule has 1 saturated heterocycles. The summed E-state index contributed by atoms with van der Waals surface area (Å²) in [4.78, 5) is 17.6. The van der Waals surface area contributed by atoms with Crippen molar-refractivity contribution in [2.75, 3.05) is 6.61 Å². The van der Waals surface area contributed by atoms with Gasteiger partial charge in [0.25, 0.3) is 5.91 Å². The third-order valence-electron chi connectivity index (χ3n) is 4.94. The number of rotatable bonds is 5. The van der Waals surface area contributed by atoms with Gasteiger partial charge in [-0.2, -0.15) is 0 Å². The Morgan fingerprint density at radius 1 is 1.12 bits per heavy atom. The number of benzene rings is 2. The molecule has 32 heavy (non-hydrogen) atoms. The van der Waals surface area contributed by atoms with Gasteiger partial charge in [0, 0.05) is 16.4 Å². The minimum Gasteiger partial charge on any atom is -0.494 e. The van der Waals surface area contributed by atoms with Crippen LogP contribution in [0.3, 0.4) is 0 Å². The number of ether oxygens (including phenoxy) is 1. The molecule has 0 saturated carbocycles. The van der Waals surface area contributed by atoms with Gasteiger partial charge in [0.2, 0.25) is 0 Å². The number of hydrogen-bond donors (Lipinski definition) is 1. The van der Waals surface area contributed by atoms with Crippen molar-refractivity contribution in [2.24, 2.45) is 4.99 Å². The molecule has 0 bridgehead atoms. The quantitative estimate of drug-likeness (QED) is 0.409. The number of nitrogens with zero attached hydrogens (tertiary/aromatic N) is 2. The molecule has 164 valence electrons. The highest BCUT2D eigenvalue weighted by molar-refractivity contribution is 8.18. The molecular formula is C24H21Cl2N3O2S. The molecule has 4 rings (SSSR count). The summed E-state index contributed by atoms with van der Waals surface area (Å²) in [6.45, 7) is 6.53. The number of amidine groups is 1. The topological polar surface area (TPSA) is 55.6 Å². The fraction of sp³-hybridized carbons (Fsp3) is 0.167. The van der Waals surface area contributed by atoms with E-state index >= 15 is 0 Å². The number of hydrogen-bond acceptors (Lipinski definition) is 4. The largest absolute Gasteiger partial charge is 0.494 e. The maximum absolute atomic E-state index is 12.5. The number of carbonyl (C=O) groups excluding carboxylic acids is 1. The Morgan fingerprint density at radius 2 is 1.88 bits per heavy atom. The van der Waals surface area contributed by atoms with Crippen LogP contribution in [0.15, 0.2) is 58.4 Å². The zero-order valence-corrected chi connectivity index (χ0v) is 20.1. The van der Waals surface area contributed by atoms with Crippen molar-refractivity contribution in [1.82, 2.24) is 9.88 Å². The fourth-order valence-electron chi connectivity index (χ4n) is 3.48. The number of aromatic nitrogens is 1. The lowest BCUT2D eigenvalue weighted by atomic mass is 10.2. The number of aryl methyl sites for hydroxylation is 1. The van der Waals surface area contributed by atoms with E-state index in [0.29, 0.717) is 26.7 Å². The molecule has 0 aliphatic carbocycles. The molecule has 0 spiro atoms. The molecule has 2 aromatic carbocycles. The molecule has 0 atom stereocenters. The molecule has 8 heteroatoms. The minimum atomic E-state index is -0.176. The van der Waals surface area contributed by atoms with Crippen molar-refractivity contribution in [1.29, 1.82) is 0 Å². The monoisotopic (exact) mass is 485 g/mol. The van der Waals surface area contributed by atoms with Gasteiger partial charge in [0.05, 0.1) is 27.9 Å². The SMILES string of the molecule is CCOc1ccc(N=C2NC(=O)/C(=C\c3cc(C)n(-c4cc(Cl)ccc4Cl)c3C)S2)cc1. The number of thioether (sulfide) groups is 1. The summed E-state index contributed by atoms with van der Waals surface area (Å²) in [7, 11) is 0.